The van der Waals surface area contributed by atoms with Gasteiger partial charge in [0.2, 0.25) is 0 Å². The molecule has 0 amide bonds. The van der Waals surface area contributed by atoms with Crippen LogP contribution < -0.4 is 0 Å². The summed E-state index contributed by atoms with van der Waals surface area (Å²) in [5.41, 5.74) is 5.20. The third kappa shape index (κ3) is 2.77. The van der Waals surface area contributed by atoms with Crippen molar-refractivity contribution >= 4 is 21.9 Å². The summed E-state index contributed by atoms with van der Waals surface area (Å²) in [4.78, 5) is 4.52. The van der Waals surface area contributed by atoms with E-state index in [-0.39, 0.29) is 5.82 Å². The predicted octanol–water partition coefficient (Wildman–Crippen LogP) is 6.38. The quantitative estimate of drug-likeness (QED) is 0.376. The summed E-state index contributed by atoms with van der Waals surface area (Å²) in [6.07, 6.45) is 2.62. The molecule has 5 rings (SSSR count). The number of pyridine rings is 1. The molecule has 27 heavy (non-hydrogen) atoms. The lowest BCUT2D eigenvalue weighted by Gasteiger charge is -2.06. The summed E-state index contributed by atoms with van der Waals surface area (Å²) in [5.74, 6) is -0.279. The van der Waals surface area contributed by atoms with Crippen molar-refractivity contribution in [1.82, 2.24) is 4.98 Å². The molecule has 2 nitrogen and oxygen atoms in total. The molecular formula is C24H16FNO. The highest BCUT2D eigenvalue weighted by Crippen LogP contribution is 2.36. The fourth-order valence-corrected chi connectivity index (χ4v) is 3.55. The number of aromatic nitrogens is 1. The maximum absolute atomic E-state index is 14.5. The van der Waals surface area contributed by atoms with Crippen LogP contribution in [-0.4, -0.2) is 4.98 Å². The number of hydrogen-bond donors (Lipinski definition) is 0. The van der Waals surface area contributed by atoms with E-state index < -0.39 is 0 Å². The van der Waals surface area contributed by atoms with Crippen molar-refractivity contribution < 1.29 is 8.81 Å². The molecular weight excluding hydrogens is 337 g/mol. The maximum Gasteiger partial charge on any atom is 0.147 e. The van der Waals surface area contributed by atoms with Gasteiger partial charge in [-0.25, -0.2) is 4.39 Å². The van der Waals surface area contributed by atoms with Crippen molar-refractivity contribution in [2.45, 2.75) is 6.42 Å². The molecule has 0 radical (unpaired) electrons. The first kappa shape index (κ1) is 15.8. The largest absolute Gasteiger partial charge is 0.455 e. The van der Waals surface area contributed by atoms with Crippen LogP contribution in [0.15, 0.2) is 89.5 Å². The molecule has 3 aromatic carbocycles. The molecule has 2 aromatic heterocycles. The highest BCUT2D eigenvalue weighted by atomic mass is 19.1. The monoisotopic (exact) mass is 353 g/mol. The molecule has 0 aliphatic heterocycles. The fraction of sp³-hybridized carbons (Fsp3) is 0.0417. The van der Waals surface area contributed by atoms with E-state index in [1.807, 2.05) is 54.6 Å². The molecule has 2 heterocycles. The molecule has 0 aliphatic rings. The number of para-hydroxylation sites is 1. The summed E-state index contributed by atoms with van der Waals surface area (Å²) in [5, 5.41) is 1.30. The Bertz CT molecular complexity index is 1260. The first-order valence-electron chi connectivity index (χ1n) is 8.88. The molecule has 0 spiro atoms. The Hall–Kier alpha value is -3.46. The van der Waals surface area contributed by atoms with Crippen LogP contribution in [0.3, 0.4) is 0 Å². The molecule has 0 aliphatic carbocycles. The molecule has 0 saturated carbocycles. The summed E-state index contributed by atoms with van der Waals surface area (Å²) < 4.78 is 20.5. The summed E-state index contributed by atoms with van der Waals surface area (Å²) in [6, 6.07) is 25.1. The Morgan fingerprint density at radius 2 is 1.63 bits per heavy atom. The van der Waals surface area contributed by atoms with E-state index in [1.54, 1.807) is 12.3 Å². The van der Waals surface area contributed by atoms with Gasteiger partial charge in [-0.2, -0.15) is 0 Å². The van der Waals surface area contributed by atoms with E-state index in [1.165, 1.54) is 11.6 Å². The Labute approximate surface area is 155 Å². The van der Waals surface area contributed by atoms with Gasteiger partial charge in [0.25, 0.3) is 0 Å². The second-order valence-corrected chi connectivity index (χ2v) is 6.61. The highest BCUT2D eigenvalue weighted by Gasteiger charge is 2.16. The topological polar surface area (TPSA) is 26.0 Å². The standard InChI is InChI=1S/C24H16FNO/c25-20-11-10-18(24-23(20)19-8-4-5-9-22(19)27-24)21-15-17(12-13-26-21)14-16-6-2-1-3-7-16/h1-13,15H,14H2. The number of hydrogen-bond acceptors (Lipinski definition) is 2. The zero-order valence-electron chi connectivity index (χ0n) is 14.5. The molecule has 0 bridgehead atoms. The highest BCUT2D eigenvalue weighted by molar-refractivity contribution is 6.09. The summed E-state index contributed by atoms with van der Waals surface area (Å²) in [7, 11) is 0. The predicted molar refractivity (Wildman–Crippen MR) is 106 cm³/mol. The summed E-state index contributed by atoms with van der Waals surface area (Å²) in [6.45, 7) is 0. The number of nitrogens with zero attached hydrogens (tertiary/aromatic N) is 1. The van der Waals surface area contributed by atoms with Crippen LogP contribution in [0.1, 0.15) is 11.1 Å². The smallest absolute Gasteiger partial charge is 0.147 e. The first-order valence-corrected chi connectivity index (χ1v) is 8.88. The van der Waals surface area contributed by atoms with Gasteiger partial charge in [-0.3, -0.25) is 4.98 Å². The fourth-order valence-electron chi connectivity index (χ4n) is 3.55. The van der Waals surface area contributed by atoms with Crippen molar-refractivity contribution in [2.24, 2.45) is 0 Å². The van der Waals surface area contributed by atoms with E-state index in [0.29, 0.717) is 16.6 Å². The van der Waals surface area contributed by atoms with Gasteiger partial charge in [-0.05, 0) is 47.9 Å². The van der Waals surface area contributed by atoms with Crippen LogP contribution in [0.25, 0.3) is 33.2 Å². The Balaban J connectivity index is 1.66. The van der Waals surface area contributed by atoms with E-state index in [0.717, 1.165) is 28.6 Å². The number of furan rings is 1. The molecule has 130 valence electrons. The van der Waals surface area contributed by atoms with Gasteiger partial charge >= 0.3 is 0 Å². The average Bonchev–Trinajstić information content (AvgIpc) is 3.10. The minimum absolute atomic E-state index is 0.279. The zero-order chi connectivity index (χ0) is 18.2. The van der Waals surface area contributed by atoms with Gasteiger partial charge in [0, 0.05) is 17.1 Å². The third-order valence-corrected chi connectivity index (χ3v) is 4.83. The van der Waals surface area contributed by atoms with E-state index in [4.69, 9.17) is 4.42 Å². The molecule has 3 heteroatoms. The van der Waals surface area contributed by atoms with E-state index >= 15 is 0 Å². The number of fused-ring (bicyclic) bond motifs is 3. The normalized spacial score (nSPS) is 11.3. The number of benzene rings is 3. The molecule has 0 atom stereocenters. The minimum atomic E-state index is -0.279. The molecule has 0 saturated heterocycles. The number of halogens is 1. The number of rotatable bonds is 3. The van der Waals surface area contributed by atoms with Crippen molar-refractivity contribution in [3.8, 4) is 11.3 Å². The van der Waals surface area contributed by atoms with Crippen LogP contribution in [-0.2, 0) is 6.42 Å². The average molecular weight is 353 g/mol. The second-order valence-electron chi connectivity index (χ2n) is 6.61. The van der Waals surface area contributed by atoms with Gasteiger partial charge in [0.1, 0.15) is 17.0 Å². The van der Waals surface area contributed by atoms with Gasteiger partial charge in [0.15, 0.2) is 0 Å². The van der Waals surface area contributed by atoms with E-state index in [9.17, 15) is 4.39 Å². The van der Waals surface area contributed by atoms with Crippen molar-refractivity contribution in [3.63, 3.8) is 0 Å². The van der Waals surface area contributed by atoms with Crippen LogP contribution in [0.5, 0.6) is 0 Å². The third-order valence-electron chi connectivity index (χ3n) is 4.83. The van der Waals surface area contributed by atoms with Gasteiger partial charge < -0.3 is 4.42 Å². The lowest BCUT2D eigenvalue weighted by atomic mass is 10.0. The van der Waals surface area contributed by atoms with Crippen molar-refractivity contribution in [2.75, 3.05) is 0 Å². The van der Waals surface area contributed by atoms with Crippen LogP contribution >= 0.6 is 0 Å². The first-order chi connectivity index (χ1) is 13.3. The Kier molecular flexibility index (Phi) is 3.72. The van der Waals surface area contributed by atoms with Crippen molar-refractivity contribution in [3.05, 3.63) is 102 Å². The molecule has 0 N–H and O–H groups in total. The van der Waals surface area contributed by atoms with Crippen molar-refractivity contribution in [1.29, 1.82) is 0 Å². The maximum atomic E-state index is 14.5. The lowest BCUT2D eigenvalue weighted by Crippen LogP contribution is -1.91. The Morgan fingerprint density at radius 1 is 0.815 bits per heavy atom. The van der Waals surface area contributed by atoms with Crippen LogP contribution in [0, 0.1) is 5.82 Å². The van der Waals surface area contributed by atoms with E-state index in [2.05, 4.69) is 17.1 Å². The van der Waals surface area contributed by atoms with Crippen LogP contribution in [0.4, 0.5) is 4.39 Å². The minimum Gasteiger partial charge on any atom is -0.455 e. The second kappa shape index (κ2) is 6.36. The van der Waals surface area contributed by atoms with Gasteiger partial charge in [0.05, 0.1) is 11.1 Å². The van der Waals surface area contributed by atoms with Crippen LogP contribution in [0.2, 0.25) is 0 Å². The molecule has 0 fully saturated rings. The molecule has 5 aromatic rings. The summed E-state index contributed by atoms with van der Waals surface area (Å²) >= 11 is 0. The molecule has 0 unspecified atom stereocenters. The zero-order valence-corrected chi connectivity index (χ0v) is 14.5. The van der Waals surface area contributed by atoms with Gasteiger partial charge in [-0.1, -0.05) is 48.5 Å². The van der Waals surface area contributed by atoms with Gasteiger partial charge in [-0.15, -0.1) is 0 Å². The SMILES string of the molecule is Fc1ccc(-c2cc(Cc3ccccc3)ccn2)c2oc3ccccc3c12. The Morgan fingerprint density at radius 3 is 2.52 bits per heavy atom. The lowest BCUT2D eigenvalue weighted by molar-refractivity contribution is 0.634.